The highest BCUT2D eigenvalue weighted by atomic mass is 16.6. The maximum Gasteiger partial charge on any atom is 0.411 e. The molecule has 4 rings (SSSR count). The van der Waals surface area contributed by atoms with Gasteiger partial charge >= 0.3 is 30.0 Å². The number of carbonyl (C=O) groups excluding carboxylic acids is 2. The Morgan fingerprint density at radius 2 is 1.31 bits per heavy atom. The molecule has 266 valence electrons. The molecule has 0 unspecified atom stereocenters. The number of carboxylic acid groups (broad SMARTS) is 3. The summed E-state index contributed by atoms with van der Waals surface area (Å²) >= 11 is 0. The van der Waals surface area contributed by atoms with Crippen LogP contribution < -0.4 is 16.8 Å². The summed E-state index contributed by atoms with van der Waals surface area (Å²) in [6.45, 7) is 6.81. The van der Waals surface area contributed by atoms with Crippen LogP contribution in [0.1, 0.15) is 57.6 Å². The monoisotopic (exact) mass is 674 g/mol. The minimum Gasteiger partial charge on any atom is -0.480 e. The van der Waals surface area contributed by atoms with E-state index in [2.05, 4.69) is 10.1 Å². The Balaban J connectivity index is 0.000000328. The van der Waals surface area contributed by atoms with Crippen LogP contribution in [0.2, 0.25) is 0 Å². The highest BCUT2D eigenvalue weighted by Gasteiger charge is 2.37. The van der Waals surface area contributed by atoms with E-state index in [-0.39, 0.29) is 12.0 Å². The molecular formula is C34H50N4O10. The summed E-state index contributed by atoms with van der Waals surface area (Å²) in [6.07, 6.45) is 3.56. The molecule has 1 amide bonds. The van der Waals surface area contributed by atoms with Crippen molar-refractivity contribution in [3.63, 3.8) is 0 Å². The van der Waals surface area contributed by atoms with Gasteiger partial charge in [-0.25, -0.2) is 9.59 Å². The lowest BCUT2D eigenvalue weighted by Crippen LogP contribution is -2.43. The van der Waals surface area contributed by atoms with Crippen molar-refractivity contribution in [1.29, 1.82) is 0 Å². The third kappa shape index (κ3) is 16.9. The predicted molar refractivity (Wildman–Crippen MR) is 178 cm³/mol. The Bertz CT molecular complexity index is 1220. The van der Waals surface area contributed by atoms with Crippen molar-refractivity contribution >= 4 is 30.0 Å². The smallest absolute Gasteiger partial charge is 0.411 e. The molecule has 0 aliphatic carbocycles. The molecule has 2 aliphatic heterocycles. The predicted octanol–water partition coefficient (Wildman–Crippen LogP) is 2.66. The van der Waals surface area contributed by atoms with Gasteiger partial charge < -0.3 is 41.6 Å². The fraction of sp³-hybridized carbons (Fsp3) is 0.500. The number of benzene rings is 2. The zero-order chi connectivity index (χ0) is 36.3. The molecule has 0 saturated carbocycles. The molecule has 0 aromatic heterocycles. The average molecular weight is 675 g/mol. The first-order valence-corrected chi connectivity index (χ1v) is 15.6. The van der Waals surface area contributed by atoms with Gasteiger partial charge in [0.1, 0.15) is 29.8 Å². The molecule has 4 atom stereocenters. The molecule has 2 aliphatic rings. The number of nitrogens with two attached hydrogens (primary N) is 2. The van der Waals surface area contributed by atoms with Crippen LogP contribution >= 0.6 is 0 Å². The minimum atomic E-state index is -0.959. The van der Waals surface area contributed by atoms with Crippen LogP contribution in [0.25, 0.3) is 0 Å². The average Bonchev–Trinajstić information content (AvgIpc) is 3.75. The number of methoxy groups -OCH3 is 1. The van der Waals surface area contributed by atoms with E-state index in [1.54, 1.807) is 20.8 Å². The first-order valence-electron chi connectivity index (χ1n) is 15.6. The van der Waals surface area contributed by atoms with Crippen LogP contribution in [0.4, 0.5) is 4.79 Å². The number of nitrogens with one attached hydrogen (secondary N) is 1. The Labute approximate surface area is 281 Å². The Hall–Kier alpha value is -4.53. The number of carbonyl (C=O) groups is 5. The van der Waals surface area contributed by atoms with Crippen LogP contribution in [0.3, 0.4) is 0 Å². The van der Waals surface area contributed by atoms with E-state index in [9.17, 15) is 24.0 Å². The molecule has 48 heavy (non-hydrogen) atoms. The lowest BCUT2D eigenvalue weighted by molar-refractivity contribution is -0.145. The van der Waals surface area contributed by atoms with Gasteiger partial charge in [0.05, 0.1) is 7.11 Å². The third-order valence-electron chi connectivity index (χ3n) is 6.94. The standard InChI is InChI=1S/C11H19NO4.2C9H11NO2.C5H9NO2/c1-11(2,3)16-10(14)12-7-5-6-8(12)9(13)15-4;2*10-8(9(11)12)6-7-4-2-1-3-5-7;7-5(8)4-2-1-3-6-4/h8H,5-7H2,1-4H3;2*1-5,8H,6,10H2,(H,11,12);4,6H,1-3H2,(H,7,8)/t3*8-;4-/m0000/s1. The lowest BCUT2D eigenvalue weighted by atomic mass is 10.1. The molecule has 2 fully saturated rings. The second-order valence-corrected chi connectivity index (χ2v) is 12.1. The van der Waals surface area contributed by atoms with Gasteiger partial charge in [0.25, 0.3) is 0 Å². The zero-order valence-electron chi connectivity index (χ0n) is 28.0. The van der Waals surface area contributed by atoms with E-state index < -0.39 is 47.7 Å². The van der Waals surface area contributed by atoms with Gasteiger partial charge in [-0.15, -0.1) is 0 Å². The summed E-state index contributed by atoms with van der Waals surface area (Å²) in [4.78, 5) is 55.5. The highest BCUT2D eigenvalue weighted by Crippen LogP contribution is 2.21. The van der Waals surface area contributed by atoms with E-state index in [1.807, 2.05) is 60.7 Å². The second kappa shape index (κ2) is 21.4. The highest BCUT2D eigenvalue weighted by molar-refractivity contribution is 5.82. The number of likely N-dealkylation sites (tertiary alicyclic amines) is 1. The number of rotatable bonds is 8. The topological polar surface area (TPSA) is 232 Å². The molecule has 2 saturated heterocycles. The number of nitrogens with zero attached hydrogens (tertiary/aromatic N) is 1. The van der Waals surface area contributed by atoms with Gasteiger partial charge in [-0.1, -0.05) is 60.7 Å². The van der Waals surface area contributed by atoms with Gasteiger partial charge in [-0.3, -0.25) is 19.3 Å². The maximum absolute atomic E-state index is 11.8. The molecule has 0 radical (unpaired) electrons. The van der Waals surface area contributed by atoms with Crippen molar-refractivity contribution in [2.75, 3.05) is 20.2 Å². The number of hydrogen-bond donors (Lipinski definition) is 6. The van der Waals surface area contributed by atoms with Crippen molar-refractivity contribution in [3.8, 4) is 0 Å². The number of aliphatic carboxylic acids is 3. The van der Waals surface area contributed by atoms with Crippen molar-refractivity contribution in [1.82, 2.24) is 10.2 Å². The third-order valence-corrected chi connectivity index (χ3v) is 6.94. The van der Waals surface area contributed by atoms with Crippen molar-refractivity contribution in [3.05, 3.63) is 71.8 Å². The minimum absolute atomic E-state index is 0.269. The molecule has 0 spiro atoms. The van der Waals surface area contributed by atoms with Crippen LogP contribution in [0.5, 0.6) is 0 Å². The summed E-state index contributed by atoms with van der Waals surface area (Å²) < 4.78 is 9.88. The van der Waals surface area contributed by atoms with E-state index in [1.165, 1.54) is 12.0 Å². The first kappa shape index (κ1) is 41.5. The number of hydrogen-bond acceptors (Lipinski definition) is 10. The summed E-state index contributed by atoms with van der Waals surface area (Å²) in [6, 6.07) is 16.3. The molecule has 0 bridgehead atoms. The molecule has 2 aromatic carbocycles. The fourth-order valence-corrected chi connectivity index (χ4v) is 4.49. The summed E-state index contributed by atoms with van der Waals surface area (Å²) in [7, 11) is 1.33. The Kier molecular flexibility index (Phi) is 18.5. The lowest BCUT2D eigenvalue weighted by Gasteiger charge is -2.27. The molecule has 2 aromatic rings. The first-order chi connectivity index (χ1) is 22.5. The zero-order valence-corrected chi connectivity index (χ0v) is 28.0. The van der Waals surface area contributed by atoms with E-state index >= 15 is 0 Å². The molecule has 8 N–H and O–H groups in total. The van der Waals surface area contributed by atoms with E-state index in [4.69, 9.17) is 31.5 Å². The van der Waals surface area contributed by atoms with Crippen LogP contribution in [0, 0.1) is 0 Å². The van der Waals surface area contributed by atoms with Crippen LogP contribution in [-0.2, 0) is 41.5 Å². The molecule has 14 heteroatoms. The second-order valence-electron chi connectivity index (χ2n) is 12.1. The van der Waals surface area contributed by atoms with Gasteiger partial charge in [0.15, 0.2) is 0 Å². The van der Waals surface area contributed by atoms with Crippen molar-refractivity contribution in [2.45, 2.75) is 89.1 Å². The van der Waals surface area contributed by atoms with E-state index in [0.717, 1.165) is 36.9 Å². The molecule has 14 nitrogen and oxygen atoms in total. The van der Waals surface area contributed by atoms with E-state index in [0.29, 0.717) is 25.8 Å². The summed E-state index contributed by atoms with van der Waals surface area (Å²) in [5.41, 5.74) is 12.1. The molecule has 2 heterocycles. The summed E-state index contributed by atoms with van der Waals surface area (Å²) in [5, 5.41) is 28.2. The number of esters is 1. The number of ether oxygens (including phenoxy) is 2. The summed E-state index contributed by atoms with van der Waals surface area (Å²) in [5.74, 6) is -3.01. The number of carboxylic acids is 3. The number of amides is 1. The maximum atomic E-state index is 11.8. The van der Waals surface area contributed by atoms with Crippen LogP contribution in [-0.4, -0.2) is 100 Å². The van der Waals surface area contributed by atoms with Gasteiger partial charge in [0.2, 0.25) is 0 Å². The largest absolute Gasteiger partial charge is 0.480 e. The van der Waals surface area contributed by atoms with Crippen molar-refractivity contribution < 1.29 is 48.8 Å². The van der Waals surface area contributed by atoms with Gasteiger partial charge in [0, 0.05) is 6.54 Å². The Morgan fingerprint density at radius 3 is 1.65 bits per heavy atom. The van der Waals surface area contributed by atoms with Crippen LogP contribution in [0.15, 0.2) is 60.7 Å². The fourth-order valence-electron chi connectivity index (χ4n) is 4.49. The quantitative estimate of drug-likeness (QED) is 0.221. The SMILES string of the molecule is COC(=O)[C@@H]1CCCN1C(=O)OC(C)(C)C.N[C@@H](Cc1ccccc1)C(=O)O.N[C@@H](Cc1ccccc1)C(=O)O.O=C(O)[C@@H]1CCCN1. The van der Waals surface area contributed by atoms with Crippen molar-refractivity contribution in [2.24, 2.45) is 11.5 Å². The molecular weight excluding hydrogens is 624 g/mol. The Morgan fingerprint density at radius 1 is 0.833 bits per heavy atom. The normalized spacial score (nSPS) is 17.8. The van der Waals surface area contributed by atoms with Gasteiger partial charge in [-0.05, 0) is 77.0 Å². The van der Waals surface area contributed by atoms with Gasteiger partial charge in [-0.2, -0.15) is 0 Å².